The summed E-state index contributed by atoms with van der Waals surface area (Å²) in [7, 11) is 0. The summed E-state index contributed by atoms with van der Waals surface area (Å²) >= 11 is 0. The molecule has 0 aromatic heterocycles. The van der Waals surface area contributed by atoms with Gasteiger partial charge in [-0.25, -0.2) is 0 Å². The number of ether oxygens (including phenoxy) is 2. The van der Waals surface area contributed by atoms with Crippen molar-refractivity contribution in [2.45, 2.75) is 57.3 Å². The van der Waals surface area contributed by atoms with Gasteiger partial charge in [0.05, 0.1) is 18.1 Å². The molecule has 0 unspecified atom stereocenters. The molecule has 1 aromatic carbocycles. The first kappa shape index (κ1) is 20.2. The molecule has 3 heterocycles. The van der Waals surface area contributed by atoms with E-state index in [0.717, 1.165) is 58.7 Å². The molecule has 2 aliphatic carbocycles. The van der Waals surface area contributed by atoms with Crippen LogP contribution in [0.25, 0.3) is 0 Å². The predicted octanol–water partition coefficient (Wildman–Crippen LogP) is 3.33. The van der Waals surface area contributed by atoms with E-state index in [1.807, 2.05) is 0 Å². The highest BCUT2D eigenvalue weighted by Crippen LogP contribution is 2.62. The lowest BCUT2D eigenvalue weighted by atomic mass is 9.53. The van der Waals surface area contributed by atoms with Crippen molar-refractivity contribution in [3.8, 4) is 0 Å². The fourth-order valence-electron chi connectivity index (χ4n) is 7.42. The summed E-state index contributed by atoms with van der Waals surface area (Å²) in [5.74, 6) is 1.10. The van der Waals surface area contributed by atoms with Gasteiger partial charge in [0.15, 0.2) is 0 Å². The zero-order valence-electron chi connectivity index (χ0n) is 18.8. The van der Waals surface area contributed by atoms with E-state index >= 15 is 0 Å². The molecule has 2 saturated carbocycles. The second kappa shape index (κ2) is 7.57. The number of carbonyl (C=O) groups excluding carboxylic acids is 1. The number of rotatable bonds is 4. The second-order valence-corrected chi connectivity index (χ2v) is 11.2. The fourth-order valence-corrected chi connectivity index (χ4v) is 7.42. The van der Waals surface area contributed by atoms with Gasteiger partial charge in [0.2, 0.25) is 0 Å². The van der Waals surface area contributed by atoms with E-state index in [4.69, 9.17) is 9.47 Å². The number of hydrogen-bond acceptors (Lipinski definition) is 5. The monoisotopic (exact) mass is 424 g/mol. The molecule has 5 nitrogen and oxygen atoms in total. The molecule has 1 aromatic rings. The van der Waals surface area contributed by atoms with E-state index in [2.05, 4.69) is 47.1 Å². The first-order valence-electron chi connectivity index (χ1n) is 12.4. The molecule has 168 valence electrons. The lowest BCUT2D eigenvalue weighted by molar-refractivity contribution is -0.147. The summed E-state index contributed by atoms with van der Waals surface area (Å²) in [5, 5.41) is 0. The van der Waals surface area contributed by atoms with Crippen LogP contribution in [0.4, 0.5) is 0 Å². The standard InChI is InChI=1S/C26H36N2O3/c1-25-8-5-9-26(18-30-26)23(25)14-20-21(24(29)31-22(20)15-25)17-28-12-10-27(11-13-28)16-19-6-3-2-4-7-19/h2-4,6-7,20-23H,5,8-18H2,1H3/t20-,21+,22-,23-,25-,26+/m1/s1. The van der Waals surface area contributed by atoms with E-state index < -0.39 is 0 Å². The number of esters is 1. The molecular formula is C26H36N2O3. The first-order valence-corrected chi connectivity index (χ1v) is 12.4. The van der Waals surface area contributed by atoms with Crippen molar-refractivity contribution in [1.29, 1.82) is 0 Å². The Morgan fingerprint density at radius 2 is 1.81 bits per heavy atom. The molecule has 0 N–H and O–H groups in total. The molecule has 6 atom stereocenters. The normalized spacial score (nSPS) is 42.8. The number of benzene rings is 1. The van der Waals surface area contributed by atoms with Crippen molar-refractivity contribution in [3.05, 3.63) is 35.9 Å². The Morgan fingerprint density at radius 3 is 2.55 bits per heavy atom. The summed E-state index contributed by atoms with van der Waals surface area (Å²) in [6.07, 6.45) is 6.03. The topological polar surface area (TPSA) is 45.3 Å². The Bertz CT molecular complexity index is 817. The maximum absolute atomic E-state index is 12.9. The Hall–Kier alpha value is -1.43. The number of piperazine rings is 1. The summed E-state index contributed by atoms with van der Waals surface area (Å²) in [4.78, 5) is 18.0. The quantitative estimate of drug-likeness (QED) is 0.548. The van der Waals surface area contributed by atoms with Crippen molar-refractivity contribution >= 4 is 5.97 Å². The molecule has 3 aliphatic heterocycles. The van der Waals surface area contributed by atoms with Crippen molar-refractivity contribution in [3.63, 3.8) is 0 Å². The zero-order valence-corrected chi connectivity index (χ0v) is 18.8. The highest BCUT2D eigenvalue weighted by Gasteiger charge is 2.65. The molecular weight excluding hydrogens is 388 g/mol. The molecule has 0 radical (unpaired) electrons. The summed E-state index contributed by atoms with van der Waals surface area (Å²) in [6, 6.07) is 10.7. The number of fused-ring (bicyclic) bond motifs is 3. The van der Waals surface area contributed by atoms with Gasteiger partial charge < -0.3 is 9.47 Å². The van der Waals surface area contributed by atoms with E-state index in [-0.39, 0.29) is 29.0 Å². The van der Waals surface area contributed by atoms with Crippen LogP contribution in [0.1, 0.15) is 44.6 Å². The van der Waals surface area contributed by atoms with Gasteiger partial charge in [-0.05, 0) is 49.0 Å². The largest absolute Gasteiger partial charge is 0.462 e. The summed E-state index contributed by atoms with van der Waals surface area (Å²) in [6.45, 7) is 9.50. The van der Waals surface area contributed by atoms with E-state index in [9.17, 15) is 4.79 Å². The van der Waals surface area contributed by atoms with Gasteiger partial charge in [0, 0.05) is 45.2 Å². The molecule has 0 bridgehead atoms. The van der Waals surface area contributed by atoms with Crippen LogP contribution in [0.15, 0.2) is 30.3 Å². The van der Waals surface area contributed by atoms with Crippen LogP contribution in [-0.2, 0) is 20.8 Å². The Balaban J connectivity index is 1.08. The SMILES string of the molecule is C[C@]12CCC[C@]3(CO3)[C@@H]1C[C@@H]1[C@H](CN3CCN(Cc4ccccc4)CC3)C(=O)O[C@@H]1C2. The van der Waals surface area contributed by atoms with Gasteiger partial charge in [0.25, 0.3) is 0 Å². The lowest BCUT2D eigenvalue weighted by Crippen LogP contribution is -2.52. The highest BCUT2D eigenvalue weighted by molar-refractivity contribution is 5.75. The Kier molecular flexibility index (Phi) is 4.93. The van der Waals surface area contributed by atoms with Gasteiger partial charge in [-0.2, -0.15) is 0 Å². The molecule has 5 fully saturated rings. The van der Waals surface area contributed by atoms with Crippen LogP contribution in [0, 0.1) is 23.2 Å². The first-order chi connectivity index (χ1) is 15.0. The summed E-state index contributed by atoms with van der Waals surface area (Å²) in [5.41, 5.74) is 1.80. The zero-order chi connectivity index (χ0) is 21.1. The molecule has 3 saturated heterocycles. The maximum Gasteiger partial charge on any atom is 0.310 e. The van der Waals surface area contributed by atoms with Crippen molar-refractivity contribution in [2.24, 2.45) is 23.2 Å². The van der Waals surface area contributed by atoms with Crippen molar-refractivity contribution in [2.75, 3.05) is 39.3 Å². The minimum Gasteiger partial charge on any atom is -0.462 e. The lowest BCUT2D eigenvalue weighted by Gasteiger charge is -2.51. The van der Waals surface area contributed by atoms with Crippen LogP contribution < -0.4 is 0 Å². The average Bonchev–Trinajstić information content (AvgIpc) is 3.47. The van der Waals surface area contributed by atoms with E-state index in [1.54, 1.807) is 0 Å². The Labute approximate surface area is 186 Å². The Morgan fingerprint density at radius 1 is 1.06 bits per heavy atom. The molecule has 5 aliphatic rings. The van der Waals surface area contributed by atoms with E-state index in [1.165, 1.54) is 24.8 Å². The third-order valence-electron chi connectivity index (χ3n) is 9.25. The molecule has 0 amide bonds. The summed E-state index contributed by atoms with van der Waals surface area (Å²) < 4.78 is 12.1. The van der Waals surface area contributed by atoms with Crippen LogP contribution in [-0.4, -0.2) is 66.8 Å². The number of carbonyl (C=O) groups is 1. The van der Waals surface area contributed by atoms with Gasteiger partial charge in [-0.15, -0.1) is 0 Å². The minimum atomic E-state index is 0.0490. The van der Waals surface area contributed by atoms with Crippen LogP contribution in [0.3, 0.4) is 0 Å². The number of nitrogens with zero attached hydrogens (tertiary/aromatic N) is 2. The second-order valence-electron chi connectivity index (χ2n) is 11.2. The average molecular weight is 425 g/mol. The molecule has 1 spiro atoms. The predicted molar refractivity (Wildman–Crippen MR) is 118 cm³/mol. The third-order valence-corrected chi connectivity index (χ3v) is 9.25. The third kappa shape index (κ3) is 3.63. The number of hydrogen-bond donors (Lipinski definition) is 0. The van der Waals surface area contributed by atoms with Crippen LogP contribution in [0.5, 0.6) is 0 Å². The molecule has 31 heavy (non-hydrogen) atoms. The van der Waals surface area contributed by atoms with Gasteiger partial charge in [-0.1, -0.05) is 37.3 Å². The minimum absolute atomic E-state index is 0.0490. The van der Waals surface area contributed by atoms with Crippen LogP contribution in [0.2, 0.25) is 0 Å². The van der Waals surface area contributed by atoms with Gasteiger partial charge in [0.1, 0.15) is 6.10 Å². The molecule has 6 rings (SSSR count). The highest BCUT2D eigenvalue weighted by atomic mass is 16.6. The number of epoxide rings is 1. The smallest absolute Gasteiger partial charge is 0.310 e. The van der Waals surface area contributed by atoms with E-state index in [0.29, 0.717) is 11.8 Å². The van der Waals surface area contributed by atoms with Crippen molar-refractivity contribution in [1.82, 2.24) is 9.80 Å². The van der Waals surface area contributed by atoms with Crippen molar-refractivity contribution < 1.29 is 14.3 Å². The maximum atomic E-state index is 12.9. The van der Waals surface area contributed by atoms with Crippen LogP contribution >= 0.6 is 0 Å². The van der Waals surface area contributed by atoms with Gasteiger partial charge in [-0.3, -0.25) is 14.6 Å². The fraction of sp³-hybridized carbons (Fsp3) is 0.731. The molecule has 5 heteroatoms. The van der Waals surface area contributed by atoms with Gasteiger partial charge >= 0.3 is 5.97 Å².